The molecule has 0 aliphatic heterocycles. The van der Waals surface area contributed by atoms with E-state index in [1.807, 2.05) is 0 Å². The van der Waals surface area contributed by atoms with Gasteiger partial charge in [-0.2, -0.15) is 13.2 Å². The largest absolute Gasteiger partial charge is 0.416 e. The van der Waals surface area contributed by atoms with Gasteiger partial charge >= 0.3 is 6.18 Å². The van der Waals surface area contributed by atoms with Gasteiger partial charge in [-0.25, -0.2) is 0 Å². The van der Waals surface area contributed by atoms with Crippen molar-refractivity contribution in [3.8, 4) is 0 Å². The monoisotopic (exact) mass is 323 g/mol. The number of hydrogen-bond donors (Lipinski definition) is 1. The molecule has 0 saturated heterocycles. The molecule has 1 aromatic carbocycles. The first-order valence-corrected chi connectivity index (χ1v) is 6.92. The van der Waals surface area contributed by atoms with Gasteiger partial charge in [-0.1, -0.05) is 41.9 Å². The lowest BCUT2D eigenvalue weighted by Gasteiger charge is -2.20. The van der Waals surface area contributed by atoms with Gasteiger partial charge in [-0.05, 0) is 23.6 Å². The molecule has 1 unspecified atom stereocenters. The average molecular weight is 324 g/mol. The average Bonchev–Trinajstić information content (AvgIpc) is 2.29. The fourth-order valence-corrected chi connectivity index (χ4v) is 2.51. The number of nitrogens with one attached hydrogen (secondary N) is 1. The molecule has 5 heteroatoms. The Labute approximate surface area is 114 Å². The maximum atomic E-state index is 12.4. The van der Waals surface area contributed by atoms with Crippen LogP contribution in [0.25, 0.3) is 0 Å². The molecule has 1 rings (SSSR count). The van der Waals surface area contributed by atoms with Gasteiger partial charge < -0.3 is 5.32 Å². The zero-order valence-electron chi connectivity index (χ0n) is 10.4. The van der Waals surface area contributed by atoms with Crippen molar-refractivity contribution in [2.75, 3.05) is 5.33 Å². The van der Waals surface area contributed by atoms with Crippen molar-refractivity contribution in [3.05, 3.63) is 35.4 Å². The van der Waals surface area contributed by atoms with E-state index >= 15 is 0 Å². The molecular weight excluding hydrogens is 307 g/mol. The molecule has 1 aromatic rings. The molecule has 102 valence electrons. The van der Waals surface area contributed by atoms with Crippen LogP contribution in [0, 0.1) is 5.92 Å². The van der Waals surface area contributed by atoms with E-state index in [1.165, 1.54) is 12.1 Å². The van der Waals surface area contributed by atoms with Crippen molar-refractivity contribution < 1.29 is 13.2 Å². The highest BCUT2D eigenvalue weighted by atomic mass is 79.9. The smallest absolute Gasteiger partial charge is 0.309 e. The van der Waals surface area contributed by atoms with E-state index < -0.39 is 11.7 Å². The summed E-state index contributed by atoms with van der Waals surface area (Å²) in [5.41, 5.74) is 0.252. The Morgan fingerprint density at radius 2 is 1.72 bits per heavy atom. The van der Waals surface area contributed by atoms with Gasteiger partial charge in [0.05, 0.1) is 5.56 Å². The van der Waals surface area contributed by atoms with Crippen molar-refractivity contribution in [2.24, 2.45) is 5.92 Å². The van der Waals surface area contributed by atoms with E-state index in [4.69, 9.17) is 0 Å². The Kier molecular flexibility index (Phi) is 5.66. The second-order valence-electron chi connectivity index (χ2n) is 4.58. The predicted molar refractivity (Wildman–Crippen MR) is 70.7 cm³/mol. The van der Waals surface area contributed by atoms with Crippen LogP contribution in [0.3, 0.4) is 0 Å². The minimum absolute atomic E-state index is 0.312. The van der Waals surface area contributed by atoms with Crippen molar-refractivity contribution >= 4 is 15.9 Å². The zero-order chi connectivity index (χ0) is 13.8. The summed E-state index contributed by atoms with van der Waals surface area (Å²) in [5.74, 6) is 0.471. The third kappa shape index (κ3) is 4.61. The van der Waals surface area contributed by atoms with Crippen LogP contribution in [0.1, 0.15) is 25.0 Å². The summed E-state index contributed by atoms with van der Waals surface area (Å²) in [7, 11) is 0. The first-order valence-electron chi connectivity index (χ1n) is 5.80. The molecule has 0 amide bonds. The van der Waals surface area contributed by atoms with Gasteiger partial charge in [0, 0.05) is 17.9 Å². The summed E-state index contributed by atoms with van der Waals surface area (Å²) >= 11 is 3.42. The van der Waals surface area contributed by atoms with Crippen molar-refractivity contribution in [2.45, 2.75) is 32.6 Å². The van der Waals surface area contributed by atoms with E-state index in [1.54, 1.807) is 0 Å². The normalized spacial score (nSPS) is 13.9. The molecule has 18 heavy (non-hydrogen) atoms. The van der Waals surface area contributed by atoms with E-state index in [9.17, 15) is 13.2 Å². The van der Waals surface area contributed by atoms with Crippen molar-refractivity contribution in [1.82, 2.24) is 5.32 Å². The molecule has 0 heterocycles. The number of hydrogen-bond acceptors (Lipinski definition) is 1. The highest BCUT2D eigenvalue weighted by Crippen LogP contribution is 2.29. The Morgan fingerprint density at radius 3 is 2.11 bits per heavy atom. The third-order valence-electron chi connectivity index (χ3n) is 2.82. The highest BCUT2D eigenvalue weighted by molar-refractivity contribution is 9.09. The predicted octanol–water partition coefficient (Wildman–Crippen LogP) is 4.21. The van der Waals surface area contributed by atoms with Gasteiger partial charge in [-0.15, -0.1) is 0 Å². The van der Waals surface area contributed by atoms with Gasteiger partial charge in [-0.3, -0.25) is 0 Å². The zero-order valence-corrected chi connectivity index (χ0v) is 12.0. The summed E-state index contributed by atoms with van der Waals surface area (Å²) in [4.78, 5) is 0. The Balaban J connectivity index is 2.59. The molecule has 0 radical (unpaired) electrons. The first-order chi connectivity index (χ1) is 8.34. The van der Waals surface area contributed by atoms with E-state index in [2.05, 4.69) is 35.1 Å². The molecule has 0 aliphatic rings. The molecular formula is C13H17BrF3N. The van der Waals surface area contributed by atoms with Crippen LogP contribution >= 0.6 is 15.9 Å². The van der Waals surface area contributed by atoms with Crippen LogP contribution in [-0.2, 0) is 12.7 Å². The summed E-state index contributed by atoms with van der Waals surface area (Å²) in [5, 5.41) is 4.14. The molecule has 0 aromatic heterocycles. The molecule has 0 bridgehead atoms. The SMILES string of the molecule is CC(C)C(CBr)NCc1ccc(C(F)(F)F)cc1. The van der Waals surface area contributed by atoms with Crippen LogP contribution in [-0.4, -0.2) is 11.4 Å². The molecule has 0 fully saturated rings. The second kappa shape index (κ2) is 6.57. The second-order valence-corrected chi connectivity index (χ2v) is 5.23. The standard InChI is InChI=1S/C13H17BrF3N/c1-9(2)12(7-14)18-8-10-3-5-11(6-4-10)13(15,16)17/h3-6,9,12,18H,7-8H2,1-2H3. The minimum Gasteiger partial charge on any atom is -0.309 e. The fourth-order valence-electron chi connectivity index (χ4n) is 1.53. The maximum absolute atomic E-state index is 12.4. The van der Waals surface area contributed by atoms with Gasteiger partial charge in [0.2, 0.25) is 0 Å². The molecule has 1 N–H and O–H groups in total. The number of benzene rings is 1. The molecule has 0 aliphatic carbocycles. The lowest BCUT2D eigenvalue weighted by Crippen LogP contribution is -2.34. The summed E-state index contributed by atoms with van der Waals surface area (Å²) < 4.78 is 37.1. The number of alkyl halides is 4. The summed E-state index contributed by atoms with van der Waals surface area (Å²) in [6, 6.07) is 5.58. The van der Waals surface area contributed by atoms with Crippen LogP contribution in [0.2, 0.25) is 0 Å². The van der Waals surface area contributed by atoms with Gasteiger partial charge in [0.25, 0.3) is 0 Å². The Morgan fingerprint density at radius 1 is 1.17 bits per heavy atom. The summed E-state index contributed by atoms with van der Waals surface area (Å²) in [6.07, 6.45) is -4.26. The van der Waals surface area contributed by atoms with E-state index in [0.717, 1.165) is 23.0 Å². The topological polar surface area (TPSA) is 12.0 Å². The van der Waals surface area contributed by atoms with Crippen molar-refractivity contribution in [3.63, 3.8) is 0 Å². The van der Waals surface area contributed by atoms with E-state index in [0.29, 0.717) is 18.5 Å². The molecule has 0 spiro atoms. The molecule has 1 atom stereocenters. The minimum atomic E-state index is -4.26. The van der Waals surface area contributed by atoms with Gasteiger partial charge in [0.1, 0.15) is 0 Å². The quantitative estimate of drug-likeness (QED) is 0.800. The van der Waals surface area contributed by atoms with Gasteiger partial charge in [0.15, 0.2) is 0 Å². The Bertz CT molecular complexity index is 359. The lowest BCUT2D eigenvalue weighted by molar-refractivity contribution is -0.137. The van der Waals surface area contributed by atoms with Crippen LogP contribution in [0.15, 0.2) is 24.3 Å². The lowest BCUT2D eigenvalue weighted by atomic mass is 10.1. The van der Waals surface area contributed by atoms with Crippen molar-refractivity contribution in [1.29, 1.82) is 0 Å². The van der Waals surface area contributed by atoms with Crippen LogP contribution in [0.5, 0.6) is 0 Å². The number of rotatable bonds is 5. The number of halogens is 4. The molecule has 1 nitrogen and oxygen atoms in total. The third-order valence-corrected chi connectivity index (χ3v) is 3.52. The first kappa shape index (κ1) is 15.5. The highest BCUT2D eigenvalue weighted by Gasteiger charge is 2.29. The Hall–Kier alpha value is -0.550. The fraction of sp³-hybridized carbons (Fsp3) is 0.538. The van der Waals surface area contributed by atoms with Crippen LogP contribution in [0.4, 0.5) is 13.2 Å². The molecule has 0 saturated carbocycles. The van der Waals surface area contributed by atoms with E-state index in [-0.39, 0.29) is 0 Å². The maximum Gasteiger partial charge on any atom is 0.416 e. The van der Waals surface area contributed by atoms with Crippen LogP contribution < -0.4 is 5.32 Å². The summed E-state index contributed by atoms with van der Waals surface area (Å²) in [6.45, 7) is 4.78.